The Bertz CT molecular complexity index is 1090. The third-order valence-electron chi connectivity index (χ3n) is 10.6. The number of unbranched alkanes of at least 4 members (excludes halogenated alkanes) is 26. The van der Waals surface area contributed by atoms with E-state index in [0.29, 0.717) is 12.8 Å². The summed E-state index contributed by atoms with van der Waals surface area (Å²) in [4.78, 5) is 34.6. The first-order valence-electron chi connectivity index (χ1n) is 24.4. The first-order valence-corrected chi connectivity index (χ1v) is 25.9. The molecule has 3 N–H and O–H groups in total. The maximum atomic E-state index is 12.4. The van der Waals surface area contributed by atoms with Crippen LogP contribution in [0.4, 0.5) is 0 Å². The van der Waals surface area contributed by atoms with Crippen molar-refractivity contribution in [1.82, 2.24) is 0 Å². The molecule has 10 nitrogen and oxygen atoms in total. The van der Waals surface area contributed by atoms with Gasteiger partial charge in [-0.3, -0.25) is 18.6 Å². The molecule has 0 radical (unpaired) electrons. The minimum absolute atomic E-state index is 0.188. The Morgan fingerprint density at radius 2 is 0.733 bits per heavy atom. The fraction of sp³-hybridized carbons (Fsp3) is 0.837. The Balaban J connectivity index is 3.87. The molecule has 0 fully saturated rings. The highest BCUT2D eigenvalue weighted by Crippen LogP contribution is 2.43. The second kappa shape index (κ2) is 45.2. The third-order valence-corrected chi connectivity index (χ3v) is 11.5. The van der Waals surface area contributed by atoms with Crippen LogP contribution in [0.25, 0.3) is 0 Å². The summed E-state index contributed by atoms with van der Waals surface area (Å²) in [5.74, 6) is -1.02. The van der Waals surface area contributed by atoms with Crippen molar-refractivity contribution in [3.63, 3.8) is 0 Å². The van der Waals surface area contributed by atoms with E-state index < -0.39 is 58.4 Å². The molecule has 0 spiro atoms. The quantitative estimate of drug-likeness (QED) is 0.0234. The lowest BCUT2D eigenvalue weighted by Gasteiger charge is -2.20. The van der Waals surface area contributed by atoms with Crippen molar-refractivity contribution in [1.29, 1.82) is 0 Å². The molecule has 0 aliphatic heterocycles. The predicted octanol–water partition coefficient (Wildman–Crippen LogP) is 13.5. The van der Waals surface area contributed by atoms with Crippen LogP contribution in [0.5, 0.6) is 0 Å². The Hall–Kier alpha value is -1.81. The number of ether oxygens (including phenoxy) is 2. The van der Waals surface area contributed by atoms with Crippen molar-refractivity contribution in [2.45, 2.75) is 238 Å². The van der Waals surface area contributed by atoms with Crippen LogP contribution in [0.15, 0.2) is 36.5 Å². The van der Waals surface area contributed by atoms with Gasteiger partial charge in [0.15, 0.2) is 0 Å². The lowest BCUT2D eigenvalue weighted by Crippen LogP contribution is -2.28. The summed E-state index contributed by atoms with van der Waals surface area (Å²) < 4.78 is 32.7. The normalized spacial score (nSPS) is 14.0. The fourth-order valence-corrected chi connectivity index (χ4v) is 7.57. The van der Waals surface area contributed by atoms with E-state index in [2.05, 4.69) is 50.3 Å². The van der Waals surface area contributed by atoms with E-state index in [9.17, 15) is 29.3 Å². The molecule has 0 saturated heterocycles. The van der Waals surface area contributed by atoms with Crippen LogP contribution in [0.3, 0.4) is 0 Å². The van der Waals surface area contributed by atoms with Gasteiger partial charge in [0, 0.05) is 12.8 Å². The van der Waals surface area contributed by atoms with E-state index in [1.54, 1.807) is 0 Å². The summed E-state index contributed by atoms with van der Waals surface area (Å²) in [6.45, 7) is 2.20. The average Bonchev–Trinajstić information content (AvgIpc) is 3.24. The van der Waals surface area contributed by atoms with Crippen LogP contribution in [-0.2, 0) is 32.7 Å². The number of phosphoric ester groups is 1. The van der Waals surface area contributed by atoms with Crippen molar-refractivity contribution >= 4 is 19.8 Å². The van der Waals surface area contributed by atoms with Gasteiger partial charge >= 0.3 is 19.8 Å². The number of esters is 2. The molecule has 352 valence electrons. The summed E-state index contributed by atoms with van der Waals surface area (Å²) in [6, 6.07) is 0. The topological polar surface area (TPSA) is 149 Å². The molecule has 0 saturated carbocycles. The van der Waals surface area contributed by atoms with Gasteiger partial charge in [-0.2, -0.15) is 0 Å². The minimum atomic E-state index is -4.64. The Morgan fingerprint density at radius 3 is 1.08 bits per heavy atom. The van der Waals surface area contributed by atoms with Crippen molar-refractivity contribution < 1.29 is 47.8 Å². The predicted molar refractivity (Wildman–Crippen MR) is 247 cm³/mol. The largest absolute Gasteiger partial charge is 0.472 e. The summed E-state index contributed by atoms with van der Waals surface area (Å²) >= 11 is 0. The Morgan fingerprint density at radius 1 is 0.450 bits per heavy atom. The molecule has 3 unspecified atom stereocenters. The zero-order valence-corrected chi connectivity index (χ0v) is 39.3. The molecule has 60 heavy (non-hydrogen) atoms. The van der Waals surface area contributed by atoms with Crippen LogP contribution >= 0.6 is 7.82 Å². The molecule has 0 heterocycles. The molecule has 0 aliphatic carbocycles. The first kappa shape index (κ1) is 58.2. The van der Waals surface area contributed by atoms with Gasteiger partial charge in [-0.1, -0.05) is 179 Å². The van der Waals surface area contributed by atoms with Gasteiger partial charge in [-0.25, -0.2) is 4.57 Å². The molecule has 0 aromatic heterocycles. The summed E-state index contributed by atoms with van der Waals surface area (Å²) in [5, 5.41) is 19.2. The highest BCUT2D eigenvalue weighted by Gasteiger charge is 2.27. The van der Waals surface area contributed by atoms with Crippen LogP contribution in [0.2, 0.25) is 0 Å². The molecule has 0 aromatic rings. The second-order valence-electron chi connectivity index (χ2n) is 16.4. The molecular weight excluding hydrogens is 780 g/mol. The van der Waals surface area contributed by atoms with Crippen LogP contribution in [-0.4, -0.2) is 65.7 Å². The van der Waals surface area contributed by atoms with Crippen LogP contribution < -0.4 is 0 Å². The number of rotatable bonds is 46. The van der Waals surface area contributed by atoms with Crippen molar-refractivity contribution in [2.75, 3.05) is 26.4 Å². The highest BCUT2D eigenvalue weighted by atomic mass is 31.2. The first-order chi connectivity index (χ1) is 29.3. The summed E-state index contributed by atoms with van der Waals surface area (Å²) in [5.41, 5.74) is 0. The third kappa shape index (κ3) is 42.9. The van der Waals surface area contributed by atoms with Crippen molar-refractivity contribution in [3.05, 3.63) is 36.5 Å². The molecule has 0 rings (SSSR count). The van der Waals surface area contributed by atoms with E-state index in [1.165, 1.54) is 128 Å². The number of carbonyl (C=O) groups excluding carboxylic acids is 2. The number of phosphoric acid groups is 1. The van der Waals surface area contributed by atoms with E-state index in [4.69, 9.17) is 18.5 Å². The summed E-state index contributed by atoms with van der Waals surface area (Å²) in [7, 11) is -4.64. The molecule has 3 atom stereocenters. The Kier molecular flexibility index (Phi) is 43.9. The fourth-order valence-electron chi connectivity index (χ4n) is 6.79. The van der Waals surface area contributed by atoms with Gasteiger partial charge in [0.1, 0.15) is 12.2 Å². The zero-order valence-electron chi connectivity index (χ0n) is 38.4. The number of carbonyl (C=O) groups is 2. The van der Waals surface area contributed by atoms with Gasteiger partial charge in [-0.15, -0.1) is 0 Å². The van der Waals surface area contributed by atoms with Gasteiger partial charge in [0.25, 0.3) is 0 Å². The van der Waals surface area contributed by atoms with Crippen LogP contribution in [0.1, 0.15) is 226 Å². The number of allylic oxidation sites excluding steroid dienone is 6. The van der Waals surface area contributed by atoms with E-state index >= 15 is 0 Å². The van der Waals surface area contributed by atoms with E-state index in [0.717, 1.165) is 57.8 Å². The zero-order chi connectivity index (χ0) is 44.0. The monoisotopic (exact) mass is 871 g/mol. The number of hydrogen-bond acceptors (Lipinski definition) is 9. The lowest BCUT2D eigenvalue weighted by molar-refractivity contribution is -0.153. The standard InChI is InChI=1S/C49H91O10P/c1-3-5-7-9-11-13-15-17-19-21-23-25-27-29-31-33-35-37-39-41-49(53)59-47(43-51)45-57-60(54,55)56-44-46(42-50)58-48(52)40-38-36-34-32-30-28-26-24-22-20-18-16-14-12-10-8-6-4-2/h11,13,17,19-20,22,46-47,50-51H,3-10,12,14-16,18,21,23-45H2,1-2H3,(H,54,55)/b13-11-,19-17-,22-20-. The molecular formula is C49H91O10P. The van der Waals surface area contributed by atoms with Gasteiger partial charge in [-0.05, 0) is 70.6 Å². The Labute approximate surface area is 367 Å². The van der Waals surface area contributed by atoms with Crippen molar-refractivity contribution in [3.8, 4) is 0 Å². The maximum Gasteiger partial charge on any atom is 0.472 e. The van der Waals surface area contributed by atoms with E-state index in [1.807, 2.05) is 0 Å². The SMILES string of the molecule is CCCCC/C=C\C/C=C\CCCCCCCCCCCC(=O)OC(CO)COP(=O)(O)OCC(CO)OC(=O)CCCCCCCCC/C=C\CCCCCCCCC. The van der Waals surface area contributed by atoms with Gasteiger partial charge in [0.05, 0.1) is 26.4 Å². The van der Waals surface area contributed by atoms with Gasteiger partial charge in [0.2, 0.25) is 0 Å². The number of hydrogen-bond donors (Lipinski definition) is 3. The van der Waals surface area contributed by atoms with Crippen LogP contribution in [0, 0.1) is 0 Å². The summed E-state index contributed by atoms with van der Waals surface area (Å²) in [6.07, 6.45) is 48.2. The van der Waals surface area contributed by atoms with Gasteiger partial charge < -0.3 is 24.6 Å². The lowest BCUT2D eigenvalue weighted by atomic mass is 10.1. The highest BCUT2D eigenvalue weighted by molar-refractivity contribution is 7.47. The average molecular weight is 871 g/mol. The van der Waals surface area contributed by atoms with Crippen molar-refractivity contribution in [2.24, 2.45) is 0 Å². The number of aliphatic hydroxyl groups is 2. The molecule has 0 aliphatic rings. The maximum absolute atomic E-state index is 12.4. The minimum Gasteiger partial charge on any atom is -0.457 e. The second-order valence-corrected chi connectivity index (χ2v) is 17.9. The smallest absolute Gasteiger partial charge is 0.457 e. The molecule has 0 amide bonds. The molecule has 0 aromatic carbocycles. The molecule has 0 bridgehead atoms. The number of aliphatic hydroxyl groups excluding tert-OH is 2. The van der Waals surface area contributed by atoms with E-state index in [-0.39, 0.29) is 12.8 Å². The molecule has 11 heteroatoms.